The second kappa shape index (κ2) is 8.00. The molecule has 2 aromatic carbocycles. The summed E-state index contributed by atoms with van der Waals surface area (Å²) in [7, 11) is -4.08. The Kier molecular flexibility index (Phi) is 6.00. The Labute approximate surface area is 150 Å². The number of benzene rings is 2. The lowest BCUT2D eigenvalue weighted by atomic mass is 10.2. The van der Waals surface area contributed by atoms with Crippen LogP contribution in [0, 0.1) is 6.92 Å². The van der Waals surface area contributed by atoms with Gasteiger partial charge in [0.15, 0.2) is 0 Å². The van der Waals surface area contributed by atoms with E-state index in [0.29, 0.717) is 5.56 Å². The summed E-state index contributed by atoms with van der Waals surface area (Å²) in [6.45, 7) is 1.72. The van der Waals surface area contributed by atoms with Crippen molar-refractivity contribution in [3.05, 3.63) is 54.1 Å². The van der Waals surface area contributed by atoms with E-state index in [2.05, 4.69) is 5.32 Å². The Hall–Kier alpha value is -2.58. The molecule has 25 heavy (non-hydrogen) atoms. The van der Waals surface area contributed by atoms with Crippen LogP contribution in [0.15, 0.2) is 53.4 Å². The molecule has 3 amide bonds. The summed E-state index contributed by atoms with van der Waals surface area (Å²) < 4.78 is 29.9. The van der Waals surface area contributed by atoms with Gasteiger partial charge in [0, 0.05) is 5.69 Å². The fraction of sp³-hybridized carbons (Fsp3) is 0.125. The van der Waals surface area contributed by atoms with Gasteiger partial charge in [-0.2, -0.15) is 8.42 Å². The number of rotatable bonds is 5. The minimum absolute atomic E-state index is 0.141. The number of alkyl halides is 1. The zero-order valence-corrected chi connectivity index (χ0v) is 14.7. The van der Waals surface area contributed by atoms with Crippen LogP contribution in [0.1, 0.15) is 5.56 Å². The molecule has 9 heteroatoms. The van der Waals surface area contributed by atoms with Gasteiger partial charge in [-0.15, -0.1) is 11.6 Å². The van der Waals surface area contributed by atoms with Crippen molar-refractivity contribution in [2.45, 2.75) is 11.8 Å². The molecule has 132 valence electrons. The maximum Gasteiger partial charge on any atom is 0.339 e. The zero-order valence-electron chi connectivity index (χ0n) is 13.2. The van der Waals surface area contributed by atoms with Crippen LogP contribution in [0.25, 0.3) is 0 Å². The van der Waals surface area contributed by atoms with E-state index >= 15 is 0 Å². The van der Waals surface area contributed by atoms with E-state index in [9.17, 15) is 18.0 Å². The maximum absolute atomic E-state index is 12.4. The predicted molar refractivity (Wildman–Crippen MR) is 93.3 cm³/mol. The van der Waals surface area contributed by atoms with E-state index in [1.807, 2.05) is 5.32 Å². The van der Waals surface area contributed by atoms with Crippen LogP contribution in [0.4, 0.5) is 10.5 Å². The monoisotopic (exact) mass is 382 g/mol. The van der Waals surface area contributed by atoms with Crippen molar-refractivity contribution >= 4 is 39.3 Å². The van der Waals surface area contributed by atoms with Crippen LogP contribution in [0.2, 0.25) is 0 Å². The third-order valence-corrected chi connectivity index (χ3v) is 4.52. The van der Waals surface area contributed by atoms with Gasteiger partial charge in [-0.25, -0.2) is 4.79 Å². The highest BCUT2D eigenvalue weighted by atomic mass is 35.5. The first-order valence-corrected chi connectivity index (χ1v) is 9.03. The number of carbonyl (C=O) groups is 2. The molecule has 0 unspecified atom stereocenters. The number of aryl methyl sites for hydroxylation is 1. The van der Waals surface area contributed by atoms with Gasteiger partial charge in [-0.1, -0.05) is 24.3 Å². The van der Waals surface area contributed by atoms with Crippen LogP contribution in [0.5, 0.6) is 5.75 Å². The molecule has 0 saturated carbocycles. The van der Waals surface area contributed by atoms with Gasteiger partial charge in [0.2, 0.25) is 5.91 Å². The number of halogens is 1. The molecule has 2 rings (SSSR count). The minimum Gasteiger partial charge on any atom is -0.379 e. The van der Waals surface area contributed by atoms with Crippen LogP contribution in [-0.2, 0) is 14.9 Å². The molecule has 2 N–H and O–H groups in total. The van der Waals surface area contributed by atoms with E-state index in [-0.39, 0.29) is 22.2 Å². The first-order valence-electron chi connectivity index (χ1n) is 7.09. The third-order valence-electron chi connectivity index (χ3n) is 3.05. The third kappa shape index (κ3) is 5.20. The maximum atomic E-state index is 12.4. The van der Waals surface area contributed by atoms with Crippen molar-refractivity contribution in [2.24, 2.45) is 0 Å². The molecule has 0 heterocycles. The van der Waals surface area contributed by atoms with Crippen molar-refractivity contribution in [1.29, 1.82) is 0 Å². The summed E-state index contributed by atoms with van der Waals surface area (Å²) in [5.74, 6) is -0.830. The largest absolute Gasteiger partial charge is 0.379 e. The van der Waals surface area contributed by atoms with Gasteiger partial charge in [-0.05, 0) is 36.8 Å². The highest BCUT2D eigenvalue weighted by molar-refractivity contribution is 7.87. The number of para-hydroxylation sites is 1. The Morgan fingerprint density at radius 1 is 1.12 bits per heavy atom. The Morgan fingerprint density at radius 3 is 2.52 bits per heavy atom. The normalized spacial score (nSPS) is 10.8. The van der Waals surface area contributed by atoms with E-state index in [4.69, 9.17) is 15.8 Å². The Morgan fingerprint density at radius 2 is 1.84 bits per heavy atom. The minimum atomic E-state index is -4.08. The lowest BCUT2D eigenvalue weighted by Crippen LogP contribution is -2.35. The number of hydrogen-bond donors (Lipinski definition) is 2. The van der Waals surface area contributed by atoms with Gasteiger partial charge in [0.05, 0.1) is 0 Å². The molecule has 0 aliphatic heterocycles. The van der Waals surface area contributed by atoms with E-state index in [1.54, 1.807) is 31.2 Å². The molecule has 7 nitrogen and oxygen atoms in total. The number of anilines is 1. The molecule has 0 aromatic heterocycles. The van der Waals surface area contributed by atoms with Crippen molar-refractivity contribution < 1.29 is 22.2 Å². The number of urea groups is 1. The first-order chi connectivity index (χ1) is 11.8. The van der Waals surface area contributed by atoms with E-state index < -0.39 is 22.1 Å². The topological polar surface area (TPSA) is 102 Å². The highest BCUT2D eigenvalue weighted by Crippen LogP contribution is 2.23. The van der Waals surface area contributed by atoms with Gasteiger partial charge in [-0.3, -0.25) is 10.1 Å². The van der Waals surface area contributed by atoms with Crippen molar-refractivity contribution in [3.63, 3.8) is 0 Å². The molecule has 0 bridgehead atoms. The van der Waals surface area contributed by atoms with Gasteiger partial charge >= 0.3 is 16.1 Å². The van der Waals surface area contributed by atoms with Crippen LogP contribution in [0.3, 0.4) is 0 Å². The fourth-order valence-electron chi connectivity index (χ4n) is 1.87. The number of imide groups is 1. The Balaban J connectivity index is 2.18. The number of nitrogens with one attached hydrogen (secondary N) is 2. The van der Waals surface area contributed by atoms with Gasteiger partial charge in [0.1, 0.15) is 16.5 Å². The van der Waals surface area contributed by atoms with Crippen molar-refractivity contribution in [3.8, 4) is 5.75 Å². The van der Waals surface area contributed by atoms with Crippen molar-refractivity contribution in [2.75, 3.05) is 11.2 Å². The quantitative estimate of drug-likeness (QED) is 0.611. The van der Waals surface area contributed by atoms with E-state index in [1.165, 1.54) is 24.3 Å². The predicted octanol–water partition coefficient (Wildman–Crippen LogP) is 2.65. The van der Waals surface area contributed by atoms with Gasteiger partial charge in [0.25, 0.3) is 0 Å². The average molecular weight is 383 g/mol. The highest BCUT2D eigenvalue weighted by Gasteiger charge is 2.18. The second-order valence-electron chi connectivity index (χ2n) is 4.97. The Bertz CT molecular complexity index is 899. The summed E-state index contributed by atoms with van der Waals surface area (Å²) in [4.78, 5) is 22.5. The van der Waals surface area contributed by atoms with E-state index in [0.717, 1.165) is 0 Å². The average Bonchev–Trinajstić information content (AvgIpc) is 2.57. The lowest BCUT2D eigenvalue weighted by molar-refractivity contribution is -0.117. The molecule has 0 spiro atoms. The summed E-state index contributed by atoms with van der Waals surface area (Å²) >= 11 is 5.29. The molecule has 0 atom stereocenters. The first kappa shape index (κ1) is 18.8. The van der Waals surface area contributed by atoms with Crippen molar-refractivity contribution in [1.82, 2.24) is 5.32 Å². The smallest absolute Gasteiger partial charge is 0.339 e. The molecule has 0 aliphatic rings. The molecule has 0 fully saturated rings. The molecular formula is C16H15ClN2O5S. The molecule has 2 aromatic rings. The number of hydrogen-bond acceptors (Lipinski definition) is 5. The number of carbonyl (C=O) groups excluding carboxylic acids is 2. The molecule has 0 aliphatic carbocycles. The second-order valence-corrected chi connectivity index (χ2v) is 6.78. The summed E-state index contributed by atoms with van der Waals surface area (Å²) in [5, 5.41) is 4.33. The standard InChI is InChI=1S/C16H15ClN2O5S/c1-11-5-2-3-8-14(11)24-25(22,23)13-7-4-6-12(9-13)18-16(21)19-15(20)10-17/h2-9H,10H2,1H3,(H2,18,19,20,21). The molecular weight excluding hydrogens is 368 g/mol. The van der Waals surface area contributed by atoms with Crippen LogP contribution >= 0.6 is 11.6 Å². The van der Waals surface area contributed by atoms with Gasteiger partial charge < -0.3 is 9.50 Å². The molecule has 0 radical (unpaired) electrons. The number of amides is 3. The SMILES string of the molecule is Cc1ccccc1OS(=O)(=O)c1cccc(NC(=O)NC(=O)CCl)c1. The fourth-order valence-corrected chi connectivity index (χ4v) is 2.97. The van der Waals surface area contributed by atoms with Crippen LogP contribution < -0.4 is 14.8 Å². The molecule has 0 saturated heterocycles. The lowest BCUT2D eigenvalue weighted by Gasteiger charge is -2.11. The summed E-state index contributed by atoms with van der Waals surface area (Å²) in [5.41, 5.74) is 0.841. The summed E-state index contributed by atoms with van der Waals surface area (Å²) in [6.07, 6.45) is 0. The van der Waals surface area contributed by atoms with Crippen LogP contribution in [-0.4, -0.2) is 26.2 Å². The zero-order chi connectivity index (χ0) is 18.4. The summed E-state index contributed by atoms with van der Waals surface area (Å²) in [6, 6.07) is 11.3.